The van der Waals surface area contributed by atoms with Gasteiger partial charge in [-0.2, -0.15) is 4.39 Å². The number of benzene rings is 2. The highest BCUT2D eigenvalue weighted by atomic mass is 35.5. The highest BCUT2D eigenvalue weighted by molar-refractivity contribution is 7.16. The fraction of sp³-hybridized carbons (Fsp3) is 0.0800. The van der Waals surface area contributed by atoms with Crippen molar-refractivity contribution in [3.05, 3.63) is 88.5 Å². The van der Waals surface area contributed by atoms with Gasteiger partial charge >= 0.3 is 5.97 Å². The van der Waals surface area contributed by atoms with Crippen molar-refractivity contribution in [2.45, 2.75) is 13.0 Å². The molecule has 0 saturated heterocycles. The maximum Gasteiger partial charge on any atom is 0.349 e. The Morgan fingerprint density at radius 1 is 1.14 bits per heavy atom. The molecule has 35 heavy (non-hydrogen) atoms. The normalized spacial score (nSPS) is 12.1. The van der Waals surface area contributed by atoms with Crippen molar-refractivity contribution in [2.75, 3.05) is 0 Å². The fourth-order valence-electron chi connectivity index (χ4n) is 3.74. The molecule has 0 saturated carbocycles. The van der Waals surface area contributed by atoms with Crippen LogP contribution in [0.4, 0.5) is 4.39 Å². The number of aromatic nitrogens is 3. The van der Waals surface area contributed by atoms with Crippen LogP contribution >= 0.6 is 22.9 Å². The van der Waals surface area contributed by atoms with Crippen LogP contribution in [0.3, 0.4) is 0 Å². The van der Waals surface area contributed by atoms with Crippen molar-refractivity contribution in [3.8, 4) is 27.6 Å². The molecule has 3 heterocycles. The van der Waals surface area contributed by atoms with E-state index in [1.807, 2.05) is 18.2 Å². The fourth-order valence-corrected chi connectivity index (χ4v) is 4.93. The number of carboxylic acids is 1. The number of thiophene rings is 1. The summed E-state index contributed by atoms with van der Waals surface area (Å²) in [6.07, 6.45) is 2.45. The van der Waals surface area contributed by atoms with E-state index in [0.29, 0.717) is 16.1 Å². The SMILES string of the molecule is C[C@@H](Oc1cc(-n2cnc3cc(-c4ccc(F)nc4)ccc32)sc1C(=O)O)c1cccc(O)c1Cl. The van der Waals surface area contributed by atoms with E-state index >= 15 is 0 Å². The van der Waals surface area contributed by atoms with Crippen molar-refractivity contribution in [1.29, 1.82) is 0 Å². The number of rotatable bonds is 6. The van der Waals surface area contributed by atoms with Crippen LogP contribution in [-0.4, -0.2) is 30.7 Å². The van der Waals surface area contributed by atoms with Crippen LogP contribution in [0, 0.1) is 5.95 Å². The standard InChI is InChI=1S/C25H17ClFN3O4S/c1-13(16-3-2-4-19(31)23(16)26)34-20-10-22(35-24(20)25(32)33)30-12-29-17-9-14(5-7-18(17)30)15-6-8-21(27)28-11-15/h2-13,31H,1H3,(H,32,33)/t13-/m1/s1. The van der Waals surface area contributed by atoms with E-state index in [1.54, 1.807) is 42.1 Å². The summed E-state index contributed by atoms with van der Waals surface area (Å²) in [5, 5.41) is 20.4. The summed E-state index contributed by atoms with van der Waals surface area (Å²) in [6.45, 7) is 1.72. The molecule has 5 rings (SSSR count). The molecule has 3 aromatic heterocycles. The molecule has 0 aliphatic rings. The van der Waals surface area contributed by atoms with E-state index in [1.165, 1.54) is 18.3 Å². The molecule has 176 valence electrons. The summed E-state index contributed by atoms with van der Waals surface area (Å²) >= 11 is 7.25. The van der Waals surface area contributed by atoms with Crippen LogP contribution in [0.25, 0.3) is 27.2 Å². The van der Waals surface area contributed by atoms with E-state index in [2.05, 4.69) is 9.97 Å². The molecule has 0 fully saturated rings. The second kappa shape index (κ2) is 9.01. The van der Waals surface area contributed by atoms with Gasteiger partial charge in [-0.1, -0.05) is 29.8 Å². The lowest BCUT2D eigenvalue weighted by atomic mass is 10.1. The Morgan fingerprint density at radius 2 is 1.94 bits per heavy atom. The number of phenols is 1. The lowest BCUT2D eigenvalue weighted by Crippen LogP contribution is -2.06. The molecule has 0 radical (unpaired) electrons. The van der Waals surface area contributed by atoms with Crippen molar-refractivity contribution < 1.29 is 24.1 Å². The number of hydrogen-bond acceptors (Lipinski definition) is 6. The number of carbonyl (C=O) groups is 1. The number of pyridine rings is 1. The van der Waals surface area contributed by atoms with Crippen molar-refractivity contribution in [2.24, 2.45) is 0 Å². The van der Waals surface area contributed by atoms with Gasteiger partial charge < -0.3 is 14.9 Å². The maximum absolute atomic E-state index is 13.2. The molecular formula is C25H17ClFN3O4S. The third kappa shape index (κ3) is 4.31. The van der Waals surface area contributed by atoms with Crippen molar-refractivity contribution in [1.82, 2.24) is 14.5 Å². The number of imidazole rings is 1. The lowest BCUT2D eigenvalue weighted by Gasteiger charge is -2.16. The number of hydrogen-bond donors (Lipinski definition) is 2. The summed E-state index contributed by atoms with van der Waals surface area (Å²) in [6, 6.07) is 15.0. The van der Waals surface area contributed by atoms with Crippen LogP contribution in [0.5, 0.6) is 11.5 Å². The van der Waals surface area contributed by atoms with Crippen LogP contribution in [0.2, 0.25) is 5.02 Å². The number of aromatic hydroxyl groups is 1. The monoisotopic (exact) mass is 509 g/mol. The van der Waals surface area contributed by atoms with Gasteiger partial charge in [0.25, 0.3) is 0 Å². The smallest absolute Gasteiger partial charge is 0.349 e. The topological polar surface area (TPSA) is 97.5 Å². The molecule has 0 bridgehead atoms. The van der Waals surface area contributed by atoms with Gasteiger partial charge in [0.2, 0.25) is 5.95 Å². The number of aromatic carboxylic acids is 1. The molecule has 0 unspecified atom stereocenters. The molecular weight excluding hydrogens is 493 g/mol. The third-order valence-corrected chi connectivity index (χ3v) is 6.99. The van der Waals surface area contributed by atoms with Gasteiger partial charge in [-0.05, 0) is 42.8 Å². The highest BCUT2D eigenvalue weighted by Gasteiger charge is 2.22. The van der Waals surface area contributed by atoms with Gasteiger partial charge in [0.1, 0.15) is 28.9 Å². The van der Waals surface area contributed by atoms with Gasteiger partial charge in [0.05, 0.1) is 16.1 Å². The molecule has 2 aromatic carbocycles. The summed E-state index contributed by atoms with van der Waals surface area (Å²) in [5.41, 5.74) is 3.56. The van der Waals surface area contributed by atoms with Crippen LogP contribution in [0.1, 0.15) is 28.3 Å². The van der Waals surface area contributed by atoms with Crippen molar-refractivity contribution >= 4 is 39.9 Å². The molecule has 0 aliphatic heterocycles. The van der Waals surface area contributed by atoms with Gasteiger partial charge in [-0.15, -0.1) is 11.3 Å². The first-order valence-corrected chi connectivity index (χ1v) is 11.6. The second-order valence-electron chi connectivity index (χ2n) is 7.71. The predicted octanol–water partition coefficient (Wildman–Crippen LogP) is 6.49. The van der Waals surface area contributed by atoms with Crippen LogP contribution in [0.15, 0.2) is 67.1 Å². The maximum atomic E-state index is 13.2. The first-order valence-electron chi connectivity index (χ1n) is 10.4. The molecule has 7 nitrogen and oxygen atoms in total. The zero-order valence-electron chi connectivity index (χ0n) is 18.1. The largest absolute Gasteiger partial charge is 0.506 e. The van der Waals surface area contributed by atoms with Gasteiger partial charge in [-0.3, -0.25) is 4.57 Å². The van der Waals surface area contributed by atoms with E-state index in [-0.39, 0.29) is 21.4 Å². The minimum absolute atomic E-state index is 0.0268. The summed E-state index contributed by atoms with van der Waals surface area (Å²) in [4.78, 5) is 20.1. The minimum atomic E-state index is -1.12. The first-order chi connectivity index (χ1) is 16.8. The second-order valence-corrected chi connectivity index (χ2v) is 9.12. The molecule has 0 aliphatic carbocycles. The molecule has 2 N–H and O–H groups in total. The van der Waals surface area contributed by atoms with E-state index in [0.717, 1.165) is 28.0 Å². The molecule has 5 aromatic rings. The molecule has 0 spiro atoms. The Balaban J connectivity index is 1.50. The average molecular weight is 510 g/mol. The molecule has 1 atom stereocenters. The summed E-state index contributed by atoms with van der Waals surface area (Å²) in [5.74, 6) is -1.57. The number of phenolic OH excluding ortho intramolecular Hbond substituents is 1. The minimum Gasteiger partial charge on any atom is -0.506 e. The Kier molecular flexibility index (Phi) is 5.88. The quantitative estimate of drug-likeness (QED) is 0.254. The van der Waals surface area contributed by atoms with E-state index in [9.17, 15) is 19.4 Å². The summed E-state index contributed by atoms with van der Waals surface area (Å²) in [7, 11) is 0. The van der Waals surface area contributed by atoms with Crippen molar-refractivity contribution in [3.63, 3.8) is 0 Å². The van der Waals surface area contributed by atoms with E-state index < -0.39 is 18.0 Å². The third-order valence-electron chi connectivity index (χ3n) is 5.47. The van der Waals surface area contributed by atoms with Gasteiger partial charge in [0.15, 0.2) is 4.88 Å². The summed E-state index contributed by atoms with van der Waals surface area (Å²) < 4.78 is 20.9. The highest BCUT2D eigenvalue weighted by Crippen LogP contribution is 2.38. The van der Waals surface area contributed by atoms with Gasteiger partial charge in [-0.25, -0.2) is 14.8 Å². The van der Waals surface area contributed by atoms with E-state index in [4.69, 9.17) is 16.3 Å². The first kappa shape index (κ1) is 22.8. The Hall–Kier alpha value is -3.95. The number of fused-ring (bicyclic) bond motifs is 1. The molecule has 0 amide bonds. The zero-order chi connectivity index (χ0) is 24.7. The Bertz CT molecular complexity index is 1570. The Morgan fingerprint density at radius 3 is 2.69 bits per heavy atom. The predicted molar refractivity (Wildman–Crippen MR) is 131 cm³/mol. The zero-order valence-corrected chi connectivity index (χ0v) is 19.7. The number of nitrogens with zero attached hydrogens (tertiary/aromatic N) is 3. The van der Waals surface area contributed by atoms with Gasteiger partial charge in [0, 0.05) is 23.4 Å². The average Bonchev–Trinajstić information content (AvgIpc) is 3.45. The lowest BCUT2D eigenvalue weighted by molar-refractivity contribution is 0.0695. The number of carboxylic acid groups (broad SMARTS) is 1. The van der Waals surface area contributed by atoms with Crippen LogP contribution in [-0.2, 0) is 0 Å². The Labute approximate surface area is 207 Å². The van der Waals surface area contributed by atoms with Crippen LogP contribution < -0.4 is 4.74 Å². The number of ether oxygens (including phenoxy) is 1. The number of halogens is 2. The molecule has 10 heteroatoms.